The normalized spacial score (nSPS) is 28.1. The van der Waals surface area contributed by atoms with Gasteiger partial charge < -0.3 is 15.6 Å². The van der Waals surface area contributed by atoms with E-state index in [2.05, 4.69) is 14.9 Å². The smallest absolute Gasteiger partial charge is 0.276 e. The Hall–Kier alpha value is -1.52. The number of H-pyrrole nitrogens is 1. The van der Waals surface area contributed by atoms with Gasteiger partial charge in [-0.15, -0.1) is 0 Å². The number of piperidine rings is 1. The van der Waals surface area contributed by atoms with Gasteiger partial charge in [0.25, 0.3) is 5.56 Å². The molecular formula is C12H18N4O. The van der Waals surface area contributed by atoms with E-state index in [1.165, 1.54) is 32.0 Å². The van der Waals surface area contributed by atoms with Crippen LogP contribution < -0.4 is 16.2 Å². The molecule has 0 spiro atoms. The quantitative estimate of drug-likeness (QED) is 0.759. The van der Waals surface area contributed by atoms with Crippen LogP contribution in [0.5, 0.6) is 0 Å². The lowest BCUT2D eigenvalue weighted by atomic mass is 9.78. The summed E-state index contributed by atoms with van der Waals surface area (Å²) in [5.41, 5.74) is 5.84. The molecule has 2 atom stereocenters. The van der Waals surface area contributed by atoms with Gasteiger partial charge in [0.05, 0.1) is 6.33 Å². The number of anilines is 2. The number of aromatic nitrogens is 2. The zero-order valence-corrected chi connectivity index (χ0v) is 9.85. The first-order valence-electron chi connectivity index (χ1n) is 6.32. The second-order valence-corrected chi connectivity index (χ2v) is 5.27. The molecule has 0 radical (unpaired) electrons. The number of nitrogens with two attached hydrogens (primary N) is 1. The van der Waals surface area contributed by atoms with E-state index in [1.807, 2.05) is 0 Å². The second-order valence-electron chi connectivity index (χ2n) is 5.27. The fourth-order valence-electron chi connectivity index (χ4n) is 3.26. The van der Waals surface area contributed by atoms with Crippen molar-refractivity contribution in [2.45, 2.75) is 25.7 Å². The minimum Gasteiger partial charge on any atom is -0.391 e. The van der Waals surface area contributed by atoms with E-state index in [4.69, 9.17) is 5.73 Å². The fraction of sp³-hybridized carbons (Fsp3) is 0.667. The number of nitrogens with one attached hydrogen (secondary N) is 1. The van der Waals surface area contributed by atoms with Crippen LogP contribution >= 0.6 is 0 Å². The first-order valence-corrected chi connectivity index (χ1v) is 6.32. The maximum Gasteiger partial charge on any atom is 0.276 e. The van der Waals surface area contributed by atoms with Crippen molar-refractivity contribution < 1.29 is 0 Å². The molecule has 2 fully saturated rings. The summed E-state index contributed by atoms with van der Waals surface area (Å²) in [5.74, 6) is 2.18. The number of nitrogen functional groups attached to an aromatic ring is 1. The molecule has 2 aliphatic rings. The van der Waals surface area contributed by atoms with E-state index in [0.29, 0.717) is 5.82 Å². The third-order valence-electron chi connectivity index (χ3n) is 4.02. The molecule has 5 nitrogen and oxygen atoms in total. The Morgan fingerprint density at radius 1 is 1.35 bits per heavy atom. The molecule has 1 saturated heterocycles. The fourth-order valence-corrected chi connectivity index (χ4v) is 3.26. The van der Waals surface area contributed by atoms with Crippen molar-refractivity contribution in [1.29, 1.82) is 0 Å². The van der Waals surface area contributed by atoms with E-state index in [9.17, 15) is 4.79 Å². The highest BCUT2D eigenvalue weighted by Crippen LogP contribution is 2.36. The average molecular weight is 234 g/mol. The molecule has 17 heavy (non-hydrogen) atoms. The van der Waals surface area contributed by atoms with E-state index in [0.717, 1.165) is 24.9 Å². The van der Waals surface area contributed by atoms with Gasteiger partial charge in [-0.05, 0) is 31.1 Å². The third kappa shape index (κ3) is 1.90. The van der Waals surface area contributed by atoms with Crippen molar-refractivity contribution in [3.63, 3.8) is 0 Å². The Bertz CT molecular complexity index is 458. The van der Waals surface area contributed by atoms with Gasteiger partial charge in [0.15, 0.2) is 5.82 Å². The Kier molecular flexibility index (Phi) is 2.53. The largest absolute Gasteiger partial charge is 0.391 e. The molecule has 3 N–H and O–H groups in total. The van der Waals surface area contributed by atoms with Gasteiger partial charge in [0.2, 0.25) is 0 Å². The molecule has 1 aliphatic heterocycles. The van der Waals surface area contributed by atoms with Crippen LogP contribution in [-0.2, 0) is 0 Å². The summed E-state index contributed by atoms with van der Waals surface area (Å²) < 4.78 is 0. The van der Waals surface area contributed by atoms with Gasteiger partial charge in [0, 0.05) is 13.1 Å². The SMILES string of the molecule is Nc1c(N2CC3CCCC(C3)C2)nc[nH]c1=O. The monoisotopic (exact) mass is 234 g/mol. The molecule has 1 aromatic heterocycles. The molecule has 1 aromatic rings. The maximum atomic E-state index is 11.5. The Labute approximate surface area is 100 Å². The van der Waals surface area contributed by atoms with Crippen molar-refractivity contribution >= 4 is 11.5 Å². The number of fused-ring (bicyclic) bond motifs is 2. The van der Waals surface area contributed by atoms with E-state index in [1.54, 1.807) is 0 Å². The van der Waals surface area contributed by atoms with Crippen molar-refractivity contribution in [2.75, 3.05) is 23.7 Å². The average Bonchev–Trinajstić information content (AvgIpc) is 2.32. The lowest BCUT2D eigenvalue weighted by Crippen LogP contribution is -2.43. The van der Waals surface area contributed by atoms with Crippen LogP contribution in [0.25, 0.3) is 0 Å². The highest BCUT2D eigenvalue weighted by molar-refractivity contribution is 5.61. The predicted molar refractivity (Wildman–Crippen MR) is 66.9 cm³/mol. The summed E-state index contributed by atoms with van der Waals surface area (Å²) in [6, 6.07) is 0. The zero-order chi connectivity index (χ0) is 11.8. The van der Waals surface area contributed by atoms with Crippen LogP contribution in [0.2, 0.25) is 0 Å². The third-order valence-corrected chi connectivity index (χ3v) is 4.02. The van der Waals surface area contributed by atoms with Crippen molar-refractivity contribution in [3.05, 3.63) is 16.7 Å². The molecule has 0 amide bonds. The van der Waals surface area contributed by atoms with Gasteiger partial charge in [-0.2, -0.15) is 0 Å². The van der Waals surface area contributed by atoms with Crippen molar-refractivity contribution in [1.82, 2.24) is 9.97 Å². The Morgan fingerprint density at radius 3 is 2.76 bits per heavy atom. The lowest BCUT2D eigenvalue weighted by molar-refractivity contribution is 0.230. The molecule has 0 aromatic carbocycles. The summed E-state index contributed by atoms with van der Waals surface area (Å²) in [5, 5.41) is 0. The Balaban J connectivity index is 1.89. The van der Waals surface area contributed by atoms with Crippen LogP contribution in [0.15, 0.2) is 11.1 Å². The topological polar surface area (TPSA) is 75.0 Å². The number of rotatable bonds is 1. The summed E-state index contributed by atoms with van der Waals surface area (Å²) in [4.78, 5) is 20.4. The molecule has 5 heteroatoms. The molecule has 2 bridgehead atoms. The minimum absolute atomic E-state index is 0.231. The highest BCUT2D eigenvalue weighted by Gasteiger charge is 2.31. The van der Waals surface area contributed by atoms with Gasteiger partial charge in [0.1, 0.15) is 5.69 Å². The van der Waals surface area contributed by atoms with Gasteiger partial charge in [-0.25, -0.2) is 4.98 Å². The van der Waals surface area contributed by atoms with Gasteiger partial charge in [-0.1, -0.05) is 6.42 Å². The van der Waals surface area contributed by atoms with Crippen molar-refractivity contribution in [3.8, 4) is 0 Å². The standard InChI is InChI=1S/C12H18N4O/c13-10-11(14-7-15-12(10)17)16-5-8-2-1-3-9(4-8)6-16/h7-9H,1-6,13H2,(H,14,15,17). The van der Waals surface area contributed by atoms with Crippen molar-refractivity contribution in [2.24, 2.45) is 11.8 Å². The zero-order valence-electron chi connectivity index (χ0n) is 9.85. The number of hydrogen-bond acceptors (Lipinski definition) is 4. The summed E-state index contributed by atoms with van der Waals surface area (Å²) >= 11 is 0. The minimum atomic E-state index is -0.231. The van der Waals surface area contributed by atoms with Crippen LogP contribution in [0.4, 0.5) is 11.5 Å². The lowest BCUT2D eigenvalue weighted by Gasteiger charge is -2.42. The molecule has 1 saturated carbocycles. The molecule has 1 aliphatic carbocycles. The molecule has 3 rings (SSSR count). The van der Waals surface area contributed by atoms with E-state index in [-0.39, 0.29) is 11.2 Å². The summed E-state index contributed by atoms with van der Waals surface area (Å²) in [7, 11) is 0. The summed E-state index contributed by atoms with van der Waals surface area (Å²) in [6.45, 7) is 1.99. The van der Waals surface area contributed by atoms with E-state index < -0.39 is 0 Å². The molecule has 2 heterocycles. The first-order chi connectivity index (χ1) is 8.24. The molecule has 92 valence electrons. The van der Waals surface area contributed by atoms with E-state index >= 15 is 0 Å². The number of aromatic amines is 1. The highest BCUT2D eigenvalue weighted by atomic mass is 16.1. The van der Waals surface area contributed by atoms with Crippen LogP contribution in [0.1, 0.15) is 25.7 Å². The first kappa shape index (κ1) is 10.6. The maximum absolute atomic E-state index is 11.5. The number of nitrogens with zero attached hydrogens (tertiary/aromatic N) is 2. The van der Waals surface area contributed by atoms with Gasteiger partial charge in [-0.3, -0.25) is 4.79 Å². The van der Waals surface area contributed by atoms with Crippen LogP contribution in [0.3, 0.4) is 0 Å². The summed E-state index contributed by atoms with van der Waals surface area (Å²) in [6.07, 6.45) is 6.73. The second kappa shape index (κ2) is 4.05. The molecule has 2 unspecified atom stereocenters. The van der Waals surface area contributed by atoms with Crippen LogP contribution in [0, 0.1) is 11.8 Å². The van der Waals surface area contributed by atoms with Crippen LogP contribution in [-0.4, -0.2) is 23.1 Å². The Morgan fingerprint density at radius 2 is 2.06 bits per heavy atom. The van der Waals surface area contributed by atoms with Gasteiger partial charge >= 0.3 is 0 Å². The molecular weight excluding hydrogens is 216 g/mol. The predicted octanol–water partition coefficient (Wildman–Crippen LogP) is 0.978. The number of hydrogen-bond donors (Lipinski definition) is 2.